The number of nitrogens with one attached hydrogen (secondary N) is 1. The van der Waals surface area contributed by atoms with Crippen LogP contribution < -0.4 is 5.32 Å². The fourth-order valence-corrected chi connectivity index (χ4v) is 3.47. The summed E-state index contributed by atoms with van der Waals surface area (Å²) < 4.78 is 0. The maximum atomic E-state index is 12.4. The van der Waals surface area contributed by atoms with Crippen molar-refractivity contribution in [1.29, 1.82) is 0 Å². The van der Waals surface area contributed by atoms with E-state index in [9.17, 15) is 4.79 Å². The van der Waals surface area contributed by atoms with Gasteiger partial charge in [-0.1, -0.05) is 39.5 Å². The molecule has 1 saturated heterocycles. The van der Waals surface area contributed by atoms with Crippen LogP contribution >= 0.6 is 0 Å². The quantitative estimate of drug-likeness (QED) is 0.816. The molecule has 2 fully saturated rings. The molecule has 18 heavy (non-hydrogen) atoms. The molecule has 104 valence electrons. The van der Waals surface area contributed by atoms with Gasteiger partial charge in [0.1, 0.15) is 0 Å². The summed E-state index contributed by atoms with van der Waals surface area (Å²) in [6, 6.07) is 0.0740. The second-order valence-electron chi connectivity index (χ2n) is 6.52. The minimum absolute atomic E-state index is 0.0740. The first-order valence-corrected chi connectivity index (χ1v) is 7.62. The molecule has 2 atom stereocenters. The van der Waals surface area contributed by atoms with E-state index in [1.54, 1.807) is 0 Å². The van der Waals surface area contributed by atoms with Crippen molar-refractivity contribution in [2.75, 3.05) is 6.54 Å². The molecule has 3 heteroatoms. The number of unbranched alkanes of at least 4 members (excludes halogenated alkanes) is 1. The van der Waals surface area contributed by atoms with Gasteiger partial charge in [-0.05, 0) is 31.6 Å². The molecule has 2 unspecified atom stereocenters. The van der Waals surface area contributed by atoms with E-state index in [1.165, 1.54) is 25.7 Å². The van der Waals surface area contributed by atoms with Crippen molar-refractivity contribution in [2.24, 2.45) is 5.41 Å². The lowest BCUT2D eigenvalue weighted by atomic mass is 9.88. The first-order valence-electron chi connectivity index (χ1n) is 7.62. The van der Waals surface area contributed by atoms with E-state index in [0.29, 0.717) is 11.3 Å². The zero-order valence-electron chi connectivity index (χ0n) is 12.2. The van der Waals surface area contributed by atoms with E-state index in [1.807, 2.05) is 0 Å². The van der Waals surface area contributed by atoms with Gasteiger partial charge in [0.2, 0.25) is 5.91 Å². The van der Waals surface area contributed by atoms with Crippen molar-refractivity contribution in [2.45, 2.75) is 77.9 Å². The fourth-order valence-electron chi connectivity index (χ4n) is 3.47. The Kier molecular flexibility index (Phi) is 4.31. The average molecular weight is 252 g/mol. The largest absolute Gasteiger partial charge is 0.326 e. The summed E-state index contributed by atoms with van der Waals surface area (Å²) in [5, 5.41) is 3.46. The number of nitrogens with zero attached hydrogens (tertiary/aromatic N) is 1. The Bertz CT molecular complexity index is 297. The first-order chi connectivity index (χ1) is 8.56. The predicted molar refractivity (Wildman–Crippen MR) is 74.2 cm³/mol. The minimum Gasteiger partial charge on any atom is -0.326 e. The highest BCUT2D eigenvalue weighted by atomic mass is 16.2. The molecule has 1 amide bonds. The van der Waals surface area contributed by atoms with Crippen LogP contribution in [0.1, 0.15) is 65.7 Å². The maximum Gasteiger partial charge on any atom is 0.241 e. The number of amides is 1. The van der Waals surface area contributed by atoms with Crippen molar-refractivity contribution in [3.05, 3.63) is 0 Å². The summed E-state index contributed by atoms with van der Waals surface area (Å²) in [7, 11) is 0. The molecule has 1 N–H and O–H groups in total. The average Bonchev–Trinajstić information content (AvgIpc) is 2.87. The van der Waals surface area contributed by atoms with Crippen LogP contribution in [0.3, 0.4) is 0 Å². The van der Waals surface area contributed by atoms with Crippen LogP contribution in [0, 0.1) is 5.41 Å². The van der Waals surface area contributed by atoms with Crippen LogP contribution in [-0.4, -0.2) is 29.6 Å². The van der Waals surface area contributed by atoms with Crippen LogP contribution in [-0.2, 0) is 4.79 Å². The van der Waals surface area contributed by atoms with Crippen LogP contribution in [0.5, 0.6) is 0 Å². The molecule has 0 aromatic carbocycles. The fraction of sp³-hybridized carbons (Fsp3) is 0.933. The molecule has 3 nitrogen and oxygen atoms in total. The molecular formula is C15H28N2O. The lowest BCUT2D eigenvalue weighted by Crippen LogP contribution is -2.41. The molecule has 0 aromatic heterocycles. The molecule has 0 bridgehead atoms. The van der Waals surface area contributed by atoms with E-state index < -0.39 is 0 Å². The zero-order chi connectivity index (χ0) is 13.2. The van der Waals surface area contributed by atoms with E-state index in [4.69, 9.17) is 0 Å². The van der Waals surface area contributed by atoms with E-state index in [0.717, 1.165) is 25.8 Å². The monoisotopic (exact) mass is 252 g/mol. The predicted octanol–water partition coefficient (Wildman–Crippen LogP) is 2.90. The van der Waals surface area contributed by atoms with Crippen LogP contribution in [0.2, 0.25) is 0 Å². The van der Waals surface area contributed by atoms with Crippen molar-refractivity contribution < 1.29 is 4.79 Å². The summed E-state index contributed by atoms with van der Waals surface area (Å²) in [6.07, 6.45) is 8.74. The van der Waals surface area contributed by atoms with Gasteiger partial charge < -0.3 is 4.90 Å². The number of hydrogen-bond donors (Lipinski definition) is 1. The van der Waals surface area contributed by atoms with Gasteiger partial charge in [-0.25, -0.2) is 0 Å². The third kappa shape index (κ3) is 2.87. The van der Waals surface area contributed by atoms with E-state index in [2.05, 4.69) is 31.0 Å². The molecule has 1 aliphatic heterocycles. The molecule has 2 rings (SSSR count). The summed E-state index contributed by atoms with van der Waals surface area (Å²) in [5.41, 5.74) is 0.366. The van der Waals surface area contributed by atoms with Gasteiger partial charge >= 0.3 is 0 Å². The van der Waals surface area contributed by atoms with Crippen molar-refractivity contribution >= 4 is 5.91 Å². The highest BCUT2D eigenvalue weighted by Gasteiger charge is 2.40. The van der Waals surface area contributed by atoms with Gasteiger partial charge in [0.15, 0.2) is 0 Å². The van der Waals surface area contributed by atoms with E-state index in [-0.39, 0.29) is 12.2 Å². The molecular weight excluding hydrogens is 224 g/mol. The van der Waals surface area contributed by atoms with Gasteiger partial charge in [0.25, 0.3) is 0 Å². The highest BCUT2D eigenvalue weighted by molar-refractivity contribution is 5.84. The number of hydrogen-bond acceptors (Lipinski definition) is 2. The van der Waals surface area contributed by atoms with Gasteiger partial charge in [-0.2, -0.15) is 0 Å². The summed E-state index contributed by atoms with van der Waals surface area (Å²) in [5.74, 6) is 0.337. The summed E-state index contributed by atoms with van der Waals surface area (Å²) in [6.45, 7) is 7.60. The normalized spacial score (nSPS) is 31.3. The molecule has 0 aromatic rings. The Morgan fingerprint density at radius 2 is 2.06 bits per heavy atom. The lowest BCUT2D eigenvalue weighted by molar-refractivity contribution is -0.131. The topological polar surface area (TPSA) is 32.3 Å². The van der Waals surface area contributed by atoms with Gasteiger partial charge in [0, 0.05) is 6.54 Å². The van der Waals surface area contributed by atoms with Crippen molar-refractivity contribution in [3.63, 3.8) is 0 Å². The third-order valence-electron chi connectivity index (χ3n) is 4.70. The van der Waals surface area contributed by atoms with Crippen LogP contribution in [0.15, 0.2) is 0 Å². The Labute approximate surface area is 111 Å². The first kappa shape index (κ1) is 13.9. The molecule has 1 saturated carbocycles. The smallest absolute Gasteiger partial charge is 0.241 e. The van der Waals surface area contributed by atoms with Gasteiger partial charge in [0.05, 0.1) is 12.2 Å². The van der Waals surface area contributed by atoms with Crippen molar-refractivity contribution in [3.8, 4) is 0 Å². The van der Waals surface area contributed by atoms with Crippen LogP contribution in [0.4, 0.5) is 0 Å². The molecule has 2 aliphatic rings. The number of rotatable bonds is 5. The molecule has 0 radical (unpaired) electrons. The molecule has 1 heterocycles. The van der Waals surface area contributed by atoms with Crippen molar-refractivity contribution in [1.82, 2.24) is 10.2 Å². The minimum atomic E-state index is 0.0740. The zero-order valence-corrected chi connectivity index (χ0v) is 12.2. The lowest BCUT2D eigenvalue weighted by Gasteiger charge is -2.32. The molecule has 1 aliphatic carbocycles. The second kappa shape index (κ2) is 5.60. The van der Waals surface area contributed by atoms with Gasteiger partial charge in [-0.15, -0.1) is 0 Å². The maximum absolute atomic E-state index is 12.4. The van der Waals surface area contributed by atoms with Gasteiger partial charge in [-0.3, -0.25) is 10.1 Å². The second-order valence-corrected chi connectivity index (χ2v) is 6.52. The Balaban J connectivity index is 1.94. The Morgan fingerprint density at radius 3 is 2.67 bits per heavy atom. The van der Waals surface area contributed by atoms with Crippen LogP contribution in [0.25, 0.3) is 0 Å². The summed E-state index contributed by atoms with van der Waals surface area (Å²) >= 11 is 0. The molecule has 0 spiro atoms. The Hall–Kier alpha value is -0.570. The van der Waals surface area contributed by atoms with E-state index >= 15 is 0 Å². The number of carbonyl (C=O) groups excluding carboxylic acids is 1. The highest BCUT2D eigenvalue weighted by Crippen LogP contribution is 2.39. The summed E-state index contributed by atoms with van der Waals surface area (Å²) in [4.78, 5) is 14.5. The third-order valence-corrected chi connectivity index (χ3v) is 4.70. The number of carbonyl (C=O) groups is 1. The SMILES string of the molecule is CCCCC1NC(C)N(CC2(C)CCCC2)C1=O. The Morgan fingerprint density at radius 1 is 1.39 bits per heavy atom. The standard InChI is InChI=1S/C15H28N2O/c1-4-5-8-13-14(18)17(12(2)16-13)11-15(3)9-6-7-10-15/h12-13,16H,4-11H2,1-3H3.